The molecule has 2 aromatic carbocycles. The molecule has 2 aromatic rings. The summed E-state index contributed by atoms with van der Waals surface area (Å²) in [6.07, 6.45) is -15.4. The third kappa shape index (κ3) is 5.52. The Balaban J connectivity index is 2.73. The van der Waals surface area contributed by atoms with Crippen LogP contribution in [0.1, 0.15) is 37.2 Å². The normalized spacial score (nSPS) is 14.0. The van der Waals surface area contributed by atoms with Gasteiger partial charge in [-0.05, 0) is 11.1 Å². The van der Waals surface area contributed by atoms with Gasteiger partial charge in [-0.1, -0.05) is 48.5 Å². The van der Waals surface area contributed by atoms with Gasteiger partial charge in [0.2, 0.25) is 12.2 Å². The Bertz CT molecular complexity index is 844. The third-order valence-electron chi connectivity index (χ3n) is 3.94. The maximum Gasteiger partial charge on any atom is 0.429 e. The molecule has 0 aliphatic rings. The number of ether oxygens (including phenoxy) is 2. The van der Waals surface area contributed by atoms with Gasteiger partial charge >= 0.3 is 24.3 Å². The van der Waals surface area contributed by atoms with Crippen molar-refractivity contribution in [2.45, 2.75) is 38.4 Å². The number of rotatable bonds is 5. The van der Waals surface area contributed by atoms with Crippen LogP contribution in [0.3, 0.4) is 0 Å². The number of benzene rings is 2. The highest BCUT2D eigenvalue weighted by Crippen LogP contribution is 2.44. The van der Waals surface area contributed by atoms with Gasteiger partial charge in [0.05, 0.1) is 0 Å². The maximum atomic E-state index is 13.6. The van der Waals surface area contributed by atoms with Crippen LogP contribution in [0.15, 0.2) is 48.5 Å². The van der Waals surface area contributed by atoms with Gasteiger partial charge in [0.1, 0.15) is 0 Å². The summed E-state index contributed by atoms with van der Waals surface area (Å²) >= 11 is 0. The van der Waals surface area contributed by atoms with Crippen LogP contribution in [-0.4, -0.2) is 24.3 Å². The van der Waals surface area contributed by atoms with E-state index in [-0.39, 0.29) is 11.1 Å². The molecule has 10 heteroatoms. The molecule has 30 heavy (non-hydrogen) atoms. The zero-order chi connectivity index (χ0) is 22.7. The van der Waals surface area contributed by atoms with Gasteiger partial charge in [-0.25, -0.2) is 0 Å². The first-order chi connectivity index (χ1) is 13.8. The Morgan fingerprint density at radius 2 is 0.967 bits per heavy atom. The van der Waals surface area contributed by atoms with Crippen molar-refractivity contribution < 1.29 is 45.4 Å². The van der Waals surface area contributed by atoms with E-state index in [0.29, 0.717) is 0 Å². The van der Waals surface area contributed by atoms with E-state index >= 15 is 0 Å². The molecule has 2 atom stereocenters. The molecule has 2 rings (SSSR count). The van der Waals surface area contributed by atoms with E-state index in [2.05, 4.69) is 9.47 Å². The largest absolute Gasteiger partial charge is 0.448 e. The molecule has 0 spiro atoms. The fraction of sp³-hybridized carbons (Fsp3) is 0.300. The summed E-state index contributed by atoms with van der Waals surface area (Å²) in [6.45, 7) is 1.57. The second kappa shape index (κ2) is 8.76. The first-order valence-corrected chi connectivity index (χ1v) is 8.48. The van der Waals surface area contributed by atoms with Crippen LogP contribution < -0.4 is 0 Å². The van der Waals surface area contributed by atoms with Gasteiger partial charge in [0, 0.05) is 25.0 Å². The minimum absolute atomic E-state index is 0.252. The lowest BCUT2D eigenvalue weighted by Crippen LogP contribution is -2.27. The van der Waals surface area contributed by atoms with E-state index in [1.807, 2.05) is 0 Å². The van der Waals surface area contributed by atoms with Crippen LogP contribution in [0.2, 0.25) is 0 Å². The summed E-state index contributed by atoms with van der Waals surface area (Å²) in [6, 6.07) is 9.45. The van der Waals surface area contributed by atoms with Crippen molar-refractivity contribution in [1.82, 2.24) is 0 Å². The number of esters is 2. The Morgan fingerprint density at radius 3 is 1.23 bits per heavy atom. The van der Waals surface area contributed by atoms with Crippen LogP contribution in [-0.2, 0) is 19.1 Å². The van der Waals surface area contributed by atoms with Crippen LogP contribution in [0.5, 0.6) is 0 Å². The predicted octanol–water partition coefficient (Wildman–Crippen LogP) is 5.69. The smallest absolute Gasteiger partial charge is 0.429 e. The molecule has 0 bridgehead atoms. The highest BCUT2D eigenvalue weighted by molar-refractivity contribution is 5.74. The summed E-state index contributed by atoms with van der Waals surface area (Å²) in [4.78, 5) is 22.4. The van der Waals surface area contributed by atoms with Crippen molar-refractivity contribution in [2.24, 2.45) is 0 Å². The fourth-order valence-electron chi connectivity index (χ4n) is 2.89. The van der Waals surface area contributed by atoms with E-state index < -0.39 is 47.6 Å². The number of halogens is 6. The van der Waals surface area contributed by atoms with E-state index in [1.54, 1.807) is 0 Å². The summed E-state index contributed by atoms with van der Waals surface area (Å²) in [5, 5.41) is 0. The van der Waals surface area contributed by atoms with Gasteiger partial charge in [-0.3, -0.25) is 9.59 Å². The Morgan fingerprint density at radius 1 is 0.667 bits per heavy atom. The Hall–Kier alpha value is -3.04. The number of carbonyl (C=O) groups is 2. The summed E-state index contributed by atoms with van der Waals surface area (Å²) in [5.74, 6) is -2.43. The van der Waals surface area contributed by atoms with Crippen molar-refractivity contribution in [1.29, 1.82) is 0 Å². The highest BCUT2D eigenvalue weighted by Gasteiger charge is 2.47. The third-order valence-corrected chi connectivity index (χ3v) is 3.94. The predicted molar refractivity (Wildman–Crippen MR) is 93.0 cm³/mol. The number of alkyl halides is 6. The topological polar surface area (TPSA) is 52.6 Å². The maximum absolute atomic E-state index is 13.6. The molecule has 4 nitrogen and oxygen atoms in total. The van der Waals surface area contributed by atoms with Crippen molar-refractivity contribution in [3.63, 3.8) is 0 Å². The minimum atomic E-state index is -5.02. The molecule has 0 amide bonds. The van der Waals surface area contributed by atoms with Crippen LogP contribution in [0.4, 0.5) is 26.3 Å². The lowest BCUT2D eigenvalue weighted by Gasteiger charge is -2.26. The number of carbonyl (C=O) groups excluding carboxylic acids is 2. The molecule has 0 N–H and O–H groups in total. The molecule has 0 radical (unpaired) electrons. The molecule has 0 saturated heterocycles. The first-order valence-electron chi connectivity index (χ1n) is 8.48. The molecule has 0 aliphatic carbocycles. The summed E-state index contributed by atoms with van der Waals surface area (Å²) in [7, 11) is 0. The van der Waals surface area contributed by atoms with E-state index in [9.17, 15) is 35.9 Å². The molecule has 0 aromatic heterocycles. The first kappa shape index (κ1) is 23.2. The Kier molecular flexibility index (Phi) is 6.79. The van der Waals surface area contributed by atoms with E-state index in [1.165, 1.54) is 24.3 Å². The van der Waals surface area contributed by atoms with E-state index in [4.69, 9.17) is 0 Å². The van der Waals surface area contributed by atoms with Gasteiger partial charge in [-0.15, -0.1) is 0 Å². The summed E-state index contributed by atoms with van der Waals surface area (Å²) < 4.78 is 90.2. The van der Waals surface area contributed by atoms with Crippen molar-refractivity contribution in [3.8, 4) is 11.1 Å². The lowest BCUT2D eigenvalue weighted by atomic mass is 9.90. The number of hydrogen-bond acceptors (Lipinski definition) is 4. The Labute approximate surface area is 167 Å². The van der Waals surface area contributed by atoms with Gasteiger partial charge in [-0.2, -0.15) is 26.3 Å². The molecular weight excluding hydrogens is 418 g/mol. The average Bonchev–Trinajstić information content (AvgIpc) is 2.62. The fourth-order valence-corrected chi connectivity index (χ4v) is 2.89. The van der Waals surface area contributed by atoms with Gasteiger partial charge in [0.15, 0.2) is 0 Å². The molecular formula is C20H16F6O4. The zero-order valence-electron chi connectivity index (χ0n) is 15.7. The van der Waals surface area contributed by atoms with E-state index in [0.717, 1.165) is 38.1 Å². The average molecular weight is 434 g/mol. The quantitative estimate of drug-likeness (QED) is 0.449. The molecule has 0 unspecified atom stereocenters. The minimum Gasteiger partial charge on any atom is -0.448 e. The zero-order valence-corrected chi connectivity index (χ0v) is 15.7. The van der Waals surface area contributed by atoms with Crippen LogP contribution >= 0.6 is 0 Å². The molecule has 0 aliphatic heterocycles. The van der Waals surface area contributed by atoms with Gasteiger partial charge in [0.25, 0.3) is 0 Å². The second-order valence-corrected chi connectivity index (χ2v) is 6.24. The SMILES string of the molecule is CC(=O)O[C@H](c1ccccc1-c1ccccc1[C@@H](OC(C)=O)C(F)(F)F)C(F)(F)F. The molecule has 0 saturated carbocycles. The van der Waals surface area contributed by atoms with Crippen LogP contribution in [0, 0.1) is 0 Å². The highest BCUT2D eigenvalue weighted by atomic mass is 19.4. The van der Waals surface area contributed by atoms with Crippen LogP contribution in [0.25, 0.3) is 11.1 Å². The molecule has 0 fully saturated rings. The van der Waals surface area contributed by atoms with Crippen molar-refractivity contribution in [3.05, 3.63) is 59.7 Å². The van der Waals surface area contributed by atoms with Crippen molar-refractivity contribution >= 4 is 11.9 Å². The standard InChI is InChI=1S/C20H16F6O4/c1-11(27)29-17(19(21,22)23)15-9-5-3-7-13(15)14-8-4-6-10-16(14)18(20(24,25)26)30-12(2)28/h3-10,17-18H,1-2H3/t17-,18-/m1/s1. The lowest BCUT2D eigenvalue weighted by molar-refractivity contribution is -0.223. The number of hydrogen-bond donors (Lipinski definition) is 0. The molecule has 0 heterocycles. The van der Waals surface area contributed by atoms with Gasteiger partial charge < -0.3 is 9.47 Å². The summed E-state index contributed by atoms with van der Waals surface area (Å²) in [5.41, 5.74) is -1.62. The van der Waals surface area contributed by atoms with Crippen molar-refractivity contribution in [2.75, 3.05) is 0 Å². The molecule has 162 valence electrons. The second-order valence-electron chi connectivity index (χ2n) is 6.24. The monoisotopic (exact) mass is 434 g/mol.